The van der Waals surface area contributed by atoms with E-state index in [9.17, 15) is 8.42 Å². The van der Waals surface area contributed by atoms with Gasteiger partial charge in [0.1, 0.15) is 12.2 Å². The van der Waals surface area contributed by atoms with Crippen molar-refractivity contribution < 1.29 is 8.42 Å². The van der Waals surface area contributed by atoms with Gasteiger partial charge in [-0.2, -0.15) is 5.10 Å². The van der Waals surface area contributed by atoms with E-state index < -0.39 is 9.84 Å². The van der Waals surface area contributed by atoms with Crippen molar-refractivity contribution >= 4 is 21.6 Å². The Balaban J connectivity index is 1.56. The summed E-state index contributed by atoms with van der Waals surface area (Å²) in [5.74, 6) is 3.40. The molecule has 1 atom stereocenters. The standard InChI is InChI=1S/C14H20N6O2S2/c1-19-9-15-17-14(19)23-7-13-16-12(6-10-2-3-10)18-20(13)11-4-5-24(21,22)8-11/h9-11H,2-8H2,1H3/t11-/m1/s1. The van der Waals surface area contributed by atoms with E-state index in [2.05, 4.69) is 15.3 Å². The third-order valence-corrected chi connectivity index (χ3v) is 7.25. The largest absolute Gasteiger partial charge is 0.312 e. The van der Waals surface area contributed by atoms with Crippen LogP contribution < -0.4 is 0 Å². The number of hydrogen-bond acceptors (Lipinski definition) is 7. The molecule has 2 aliphatic rings. The second-order valence-electron chi connectivity index (χ2n) is 6.61. The number of hydrogen-bond donors (Lipinski definition) is 0. The predicted molar refractivity (Wildman–Crippen MR) is 89.3 cm³/mol. The average Bonchev–Trinajstić information content (AvgIpc) is 2.92. The smallest absolute Gasteiger partial charge is 0.191 e. The molecule has 0 aromatic carbocycles. The molecule has 0 unspecified atom stereocenters. The fourth-order valence-corrected chi connectivity index (χ4v) is 5.47. The summed E-state index contributed by atoms with van der Waals surface area (Å²) in [7, 11) is -1.05. The molecule has 0 N–H and O–H groups in total. The minimum absolute atomic E-state index is 0.0921. The van der Waals surface area contributed by atoms with E-state index in [1.54, 1.807) is 18.1 Å². The van der Waals surface area contributed by atoms with Gasteiger partial charge >= 0.3 is 0 Å². The molecule has 2 aromatic rings. The zero-order valence-corrected chi connectivity index (χ0v) is 15.1. The van der Waals surface area contributed by atoms with E-state index in [1.807, 2.05) is 16.3 Å². The number of sulfone groups is 1. The van der Waals surface area contributed by atoms with Crippen LogP contribution in [0, 0.1) is 5.92 Å². The van der Waals surface area contributed by atoms with Gasteiger partial charge in [0, 0.05) is 13.5 Å². The highest BCUT2D eigenvalue weighted by molar-refractivity contribution is 7.98. The van der Waals surface area contributed by atoms with Crippen LogP contribution in [0.1, 0.15) is 37.0 Å². The molecule has 0 radical (unpaired) electrons. The summed E-state index contributed by atoms with van der Waals surface area (Å²) in [6.07, 6.45) is 5.67. The highest BCUT2D eigenvalue weighted by Gasteiger charge is 2.32. The Kier molecular flexibility index (Phi) is 4.11. The fourth-order valence-electron chi connectivity index (χ4n) is 2.96. The molecular weight excluding hydrogens is 348 g/mol. The summed E-state index contributed by atoms with van der Waals surface area (Å²) in [6.45, 7) is 0. The molecule has 0 amide bonds. The van der Waals surface area contributed by atoms with Gasteiger partial charge < -0.3 is 4.57 Å². The SMILES string of the molecule is Cn1cnnc1SCc1nc(CC2CC2)nn1[C@@H]1CCS(=O)(=O)C1. The van der Waals surface area contributed by atoms with Gasteiger partial charge in [-0.05, 0) is 25.2 Å². The summed E-state index contributed by atoms with van der Waals surface area (Å²) in [6, 6.07) is -0.0921. The molecule has 2 aromatic heterocycles. The van der Waals surface area contributed by atoms with Crippen LogP contribution in [-0.2, 0) is 29.1 Å². The van der Waals surface area contributed by atoms with Crippen molar-refractivity contribution in [3.8, 4) is 0 Å². The molecule has 2 fully saturated rings. The molecule has 4 rings (SSSR count). The molecule has 1 aliphatic carbocycles. The highest BCUT2D eigenvalue weighted by Crippen LogP contribution is 2.33. The van der Waals surface area contributed by atoms with Crippen molar-refractivity contribution in [2.45, 2.75) is 42.6 Å². The van der Waals surface area contributed by atoms with E-state index in [-0.39, 0.29) is 17.5 Å². The lowest BCUT2D eigenvalue weighted by molar-refractivity contribution is 0.480. The van der Waals surface area contributed by atoms with E-state index >= 15 is 0 Å². The number of aryl methyl sites for hydroxylation is 1. The zero-order chi connectivity index (χ0) is 16.7. The summed E-state index contributed by atoms with van der Waals surface area (Å²) in [5, 5.41) is 13.4. The Labute approximate surface area is 145 Å². The molecule has 0 bridgehead atoms. The van der Waals surface area contributed by atoms with Crippen molar-refractivity contribution in [1.29, 1.82) is 0 Å². The van der Waals surface area contributed by atoms with Crippen LogP contribution in [0.4, 0.5) is 0 Å². The van der Waals surface area contributed by atoms with Crippen LogP contribution in [0.2, 0.25) is 0 Å². The first-order chi connectivity index (χ1) is 11.5. The van der Waals surface area contributed by atoms with Crippen molar-refractivity contribution in [2.24, 2.45) is 13.0 Å². The maximum atomic E-state index is 11.8. The average molecular weight is 368 g/mol. The summed E-state index contributed by atoms with van der Waals surface area (Å²) < 4.78 is 27.4. The minimum atomic E-state index is -2.95. The summed E-state index contributed by atoms with van der Waals surface area (Å²) >= 11 is 1.54. The van der Waals surface area contributed by atoms with Crippen molar-refractivity contribution in [3.05, 3.63) is 18.0 Å². The lowest BCUT2D eigenvalue weighted by Gasteiger charge is -2.11. The molecule has 3 heterocycles. The van der Waals surface area contributed by atoms with Gasteiger partial charge in [-0.25, -0.2) is 18.1 Å². The van der Waals surface area contributed by atoms with E-state index in [1.165, 1.54) is 12.8 Å². The zero-order valence-electron chi connectivity index (χ0n) is 13.5. The fraction of sp³-hybridized carbons (Fsp3) is 0.714. The van der Waals surface area contributed by atoms with Crippen LogP contribution in [-0.4, -0.2) is 49.5 Å². The second kappa shape index (κ2) is 6.14. The number of aromatic nitrogens is 6. The maximum Gasteiger partial charge on any atom is 0.191 e. The Morgan fingerprint density at radius 2 is 2.17 bits per heavy atom. The third kappa shape index (κ3) is 3.49. The first kappa shape index (κ1) is 16.1. The molecule has 1 saturated heterocycles. The lowest BCUT2D eigenvalue weighted by Crippen LogP contribution is -2.15. The Morgan fingerprint density at radius 3 is 2.79 bits per heavy atom. The monoisotopic (exact) mass is 368 g/mol. The Hall–Kier alpha value is -1.42. The van der Waals surface area contributed by atoms with E-state index in [4.69, 9.17) is 4.98 Å². The van der Waals surface area contributed by atoms with Gasteiger partial charge in [-0.1, -0.05) is 11.8 Å². The molecule has 0 spiro atoms. The predicted octanol–water partition coefficient (Wildman–Crippen LogP) is 1.01. The molecule has 24 heavy (non-hydrogen) atoms. The normalized spacial score (nSPS) is 23.0. The van der Waals surface area contributed by atoms with Gasteiger partial charge in [0.2, 0.25) is 0 Å². The van der Waals surface area contributed by atoms with Crippen LogP contribution in [0.15, 0.2) is 11.5 Å². The summed E-state index contributed by atoms with van der Waals surface area (Å²) in [5.41, 5.74) is 0. The topological polar surface area (TPSA) is 95.6 Å². The van der Waals surface area contributed by atoms with Crippen LogP contribution >= 0.6 is 11.8 Å². The first-order valence-electron chi connectivity index (χ1n) is 8.12. The molecule has 10 heteroatoms. The third-order valence-electron chi connectivity index (χ3n) is 4.47. The minimum Gasteiger partial charge on any atom is -0.312 e. The molecule has 8 nitrogen and oxygen atoms in total. The van der Waals surface area contributed by atoms with Crippen molar-refractivity contribution in [2.75, 3.05) is 11.5 Å². The Morgan fingerprint density at radius 1 is 1.33 bits per heavy atom. The Bertz CT molecular complexity index is 839. The first-order valence-corrected chi connectivity index (χ1v) is 10.9. The highest BCUT2D eigenvalue weighted by atomic mass is 32.2. The van der Waals surface area contributed by atoms with Gasteiger partial charge in [0.25, 0.3) is 0 Å². The maximum absolute atomic E-state index is 11.8. The van der Waals surface area contributed by atoms with Gasteiger partial charge in [0.15, 0.2) is 20.8 Å². The quantitative estimate of drug-likeness (QED) is 0.702. The molecular formula is C14H20N6O2S2. The second-order valence-corrected chi connectivity index (χ2v) is 9.78. The lowest BCUT2D eigenvalue weighted by atomic mass is 10.3. The van der Waals surface area contributed by atoms with Gasteiger partial charge in [-0.3, -0.25) is 0 Å². The summed E-state index contributed by atoms with van der Waals surface area (Å²) in [4.78, 5) is 4.69. The number of rotatable bonds is 6. The number of nitrogens with zero attached hydrogens (tertiary/aromatic N) is 6. The van der Waals surface area contributed by atoms with Crippen LogP contribution in [0.5, 0.6) is 0 Å². The molecule has 1 aliphatic heterocycles. The van der Waals surface area contributed by atoms with Gasteiger partial charge in [-0.15, -0.1) is 10.2 Å². The van der Waals surface area contributed by atoms with Crippen LogP contribution in [0.25, 0.3) is 0 Å². The molecule has 1 saturated carbocycles. The van der Waals surface area contributed by atoms with E-state index in [0.717, 1.165) is 23.2 Å². The van der Waals surface area contributed by atoms with Crippen molar-refractivity contribution in [3.63, 3.8) is 0 Å². The molecule has 130 valence electrons. The number of thioether (sulfide) groups is 1. The van der Waals surface area contributed by atoms with Crippen molar-refractivity contribution in [1.82, 2.24) is 29.5 Å². The van der Waals surface area contributed by atoms with Gasteiger partial charge in [0.05, 0.1) is 23.3 Å². The van der Waals surface area contributed by atoms with Crippen LogP contribution in [0.3, 0.4) is 0 Å². The van der Waals surface area contributed by atoms with E-state index in [0.29, 0.717) is 18.1 Å².